The summed E-state index contributed by atoms with van der Waals surface area (Å²) in [5.41, 5.74) is 1.73. The standard InChI is InChI=1S/C25H34ClN3O4S/c1-5-7-16-27-25(31)23(6-2)29(17-20-10-12-21(26)13-11-20)24(30)18-28(4)34(32,33)22-14-8-19(3)9-15-22/h8-15,23H,5-7,16-18H2,1-4H3,(H,27,31)/t23-/m1/s1. The van der Waals surface area contributed by atoms with Crippen molar-refractivity contribution in [2.45, 2.75) is 57.5 Å². The molecule has 2 aromatic carbocycles. The second kappa shape index (κ2) is 12.9. The van der Waals surface area contributed by atoms with Gasteiger partial charge in [0.25, 0.3) is 0 Å². The molecule has 2 aromatic rings. The molecule has 9 heteroatoms. The molecule has 1 atom stereocenters. The van der Waals surface area contributed by atoms with Gasteiger partial charge in [-0.25, -0.2) is 8.42 Å². The number of hydrogen-bond donors (Lipinski definition) is 1. The van der Waals surface area contributed by atoms with Crippen molar-refractivity contribution >= 4 is 33.4 Å². The number of nitrogens with one attached hydrogen (secondary N) is 1. The summed E-state index contributed by atoms with van der Waals surface area (Å²) in [6.07, 6.45) is 2.17. The number of unbranched alkanes of at least 4 members (excludes halogenated alkanes) is 1. The van der Waals surface area contributed by atoms with Crippen LogP contribution in [0.5, 0.6) is 0 Å². The highest BCUT2D eigenvalue weighted by Gasteiger charge is 2.31. The molecule has 2 rings (SSSR count). The predicted molar refractivity (Wildman–Crippen MR) is 135 cm³/mol. The molecular formula is C25H34ClN3O4S. The molecule has 0 radical (unpaired) electrons. The molecule has 7 nitrogen and oxygen atoms in total. The van der Waals surface area contributed by atoms with Crippen LogP contribution < -0.4 is 5.32 Å². The van der Waals surface area contributed by atoms with E-state index in [9.17, 15) is 18.0 Å². The Kier molecular flexibility index (Phi) is 10.5. The first-order valence-electron chi connectivity index (χ1n) is 11.4. The zero-order valence-electron chi connectivity index (χ0n) is 20.3. The normalized spacial score (nSPS) is 12.4. The highest BCUT2D eigenvalue weighted by atomic mass is 35.5. The third-order valence-corrected chi connectivity index (χ3v) is 7.64. The van der Waals surface area contributed by atoms with Crippen LogP contribution in [0.2, 0.25) is 5.02 Å². The Balaban J connectivity index is 2.28. The fourth-order valence-corrected chi connectivity index (χ4v) is 4.71. The van der Waals surface area contributed by atoms with Crippen LogP contribution in [-0.2, 0) is 26.2 Å². The Bertz CT molecular complexity index is 1060. The van der Waals surface area contributed by atoms with E-state index >= 15 is 0 Å². The Morgan fingerprint density at radius 1 is 1.03 bits per heavy atom. The molecule has 0 bridgehead atoms. The minimum Gasteiger partial charge on any atom is -0.354 e. The minimum atomic E-state index is -3.87. The largest absolute Gasteiger partial charge is 0.354 e. The highest BCUT2D eigenvalue weighted by molar-refractivity contribution is 7.89. The summed E-state index contributed by atoms with van der Waals surface area (Å²) in [5.74, 6) is -0.701. The molecule has 0 aliphatic heterocycles. The maximum absolute atomic E-state index is 13.4. The van der Waals surface area contributed by atoms with Crippen LogP contribution in [0.25, 0.3) is 0 Å². The summed E-state index contributed by atoms with van der Waals surface area (Å²) in [6.45, 7) is 6.03. The Morgan fingerprint density at radius 2 is 1.65 bits per heavy atom. The van der Waals surface area contributed by atoms with Crippen molar-refractivity contribution < 1.29 is 18.0 Å². The number of nitrogens with zero attached hydrogens (tertiary/aromatic N) is 2. The molecule has 2 amide bonds. The summed E-state index contributed by atoms with van der Waals surface area (Å²) in [6, 6.07) is 12.8. The van der Waals surface area contributed by atoms with Crippen molar-refractivity contribution in [3.8, 4) is 0 Å². The number of carbonyl (C=O) groups is 2. The first-order valence-corrected chi connectivity index (χ1v) is 13.3. The van der Waals surface area contributed by atoms with E-state index in [1.807, 2.05) is 20.8 Å². The summed E-state index contributed by atoms with van der Waals surface area (Å²) >= 11 is 5.99. The number of amides is 2. The van der Waals surface area contributed by atoms with E-state index in [4.69, 9.17) is 11.6 Å². The number of halogens is 1. The molecule has 0 saturated carbocycles. The van der Waals surface area contributed by atoms with Crippen molar-refractivity contribution in [2.75, 3.05) is 20.1 Å². The van der Waals surface area contributed by atoms with E-state index in [1.165, 1.54) is 24.1 Å². The molecule has 0 aliphatic carbocycles. The van der Waals surface area contributed by atoms with Crippen LogP contribution in [-0.4, -0.2) is 55.6 Å². The Labute approximate surface area is 208 Å². The fraction of sp³-hybridized carbons (Fsp3) is 0.440. The highest BCUT2D eigenvalue weighted by Crippen LogP contribution is 2.18. The van der Waals surface area contributed by atoms with Gasteiger partial charge in [0.15, 0.2) is 0 Å². The van der Waals surface area contributed by atoms with E-state index < -0.39 is 22.0 Å². The van der Waals surface area contributed by atoms with E-state index in [2.05, 4.69) is 5.32 Å². The number of benzene rings is 2. The van der Waals surface area contributed by atoms with Crippen LogP contribution in [0.3, 0.4) is 0 Å². The molecule has 34 heavy (non-hydrogen) atoms. The van der Waals surface area contributed by atoms with Gasteiger partial charge in [0.1, 0.15) is 6.04 Å². The fourth-order valence-electron chi connectivity index (χ4n) is 3.47. The molecule has 0 unspecified atom stereocenters. The lowest BCUT2D eigenvalue weighted by molar-refractivity contribution is -0.141. The van der Waals surface area contributed by atoms with E-state index in [-0.39, 0.29) is 23.9 Å². The third-order valence-electron chi connectivity index (χ3n) is 5.57. The van der Waals surface area contributed by atoms with Crippen molar-refractivity contribution in [3.05, 3.63) is 64.7 Å². The number of rotatable bonds is 12. The van der Waals surface area contributed by atoms with Gasteiger partial charge >= 0.3 is 0 Å². The molecular weight excluding hydrogens is 474 g/mol. The third kappa shape index (κ3) is 7.55. The monoisotopic (exact) mass is 507 g/mol. The summed E-state index contributed by atoms with van der Waals surface area (Å²) in [5, 5.41) is 3.46. The second-order valence-corrected chi connectivity index (χ2v) is 10.8. The van der Waals surface area contributed by atoms with Crippen molar-refractivity contribution in [3.63, 3.8) is 0 Å². The maximum atomic E-state index is 13.4. The number of carbonyl (C=O) groups excluding carboxylic acids is 2. The maximum Gasteiger partial charge on any atom is 0.243 e. The van der Waals surface area contributed by atoms with Gasteiger partial charge in [-0.2, -0.15) is 4.31 Å². The Hall–Kier alpha value is -2.42. The molecule has 0 heterocycles. The zero-order valence-corrected chi connectivity index (χ0v) is 21.8. The second-order valence-electron chi connectivity index (χ2n) is 8.29. The van der Waals surface area contributed by atoms with Gasteiger partial charge in [0.2, 0.25) is 21.8 Å². The zero-order chi connectivity index (χ0) is 25.3. The molecule has 0 aliphatic rings. The van der Waals surface area contributed by atoms with E-state index in [0.717, 1.165) is 28.3 Å². The average Bonchev–Trinajstić information content (AvgIpc) is 2.80. The summed E-state index contributed by atoms with van der Waals surface area (Å²) in [7, 11) is -2.49. The van der Waals surface area contributed by atoms with Gasteiger partial charge in [0.05, 0.1) is 11.4 Å². The van der Waals surface area contributed by atoms with Gasteiger partial charge in [0, 0.05) is 25.2 Å². The van der Waals surface area contributed by atoms with Crippen LogP contribution in [0.4, 0.5) is 0 Å². The van der Waals surface area contributed by atoms with Crippen molar-refractivity contribution in [1.82, 2.24) is 14.5 Å². The van der Waals surface area contributed by atoms with Crippen LogP contribution in [0.1, 0.15) is 44.2 Å². The topological polar surface area (TPSA) is 86.8 Å². The smallest absolute Gasteiger partial charge is 0.243 e. The van der Waals surface area contributed by atoms with Crippen LogP contribution in [0.15, 0.2) is 53.4 Å². The van der Waals surface area contributed by atoms with E-state index in [1.54, 1.807) is 36.4 Å². The molecule has 0 spiro atoms. The van der Waals surface area contributed by atoms with E-state index in [0.29, 0.717) is 18.0 Å². The lowest BCUT2D eigenvalue weighted by atomic mass is 10.1. The van der Waals surface area contributed by atoms with Gasteiger partial charge < -0.3 is 10.2 Å². The number of hydrogen-bond acceptors (Lipinski definition) is 4. The summed E-state index contributed by atoms with van der Waals surface area (Å²) < 4.78 is 27.0. The molecule has 0 aromatic heterocycles. The molecule has 0 fully saturated rings. The quantitative estimate of drug-likeness (QED) is 0.440. The SMILES string of the molecule is CCCCNC(=O)[C@@H](CC)N(Cc1ccc(Cl)cc1)C(=O)CN(C)S(=O)(=O)c1ccc(C)cc1. The van der Waals surface area contributed by atoms with Gasteiger partial charge in [-0.1, -0.05) is 61.7 Å². The number of likely N-dealkylation sites (N-methyl/N-ethyl adjacent to an activating group) is 1. The number of aryl methyl sites for hydroxylation is 1. The Morgan fingerprint density at radius 3 is 2.21 bits per heavy atom. The predicted octanol–water partition coefficient (Wildman–Crippen LogP) is 3.99. The molecule has 0 saturated heterocycles. The lowest BCUT2D eigenvalue weighted by Gasteiger charge is -2.32. The van der Waals surface area contributed by atoms with Crippen LogP contribution >= 0.6 is 11.6 Å². The molecule has 186 valence electrons. The first kappa shape index (κ1) is 27.8. The van der Waals surface area contributed by atoms with Gasteiger partial charge in [-0.05, 0) is 49.6 Å². The van der Waals surface area contributed by atoms with Gasteiger partial charge in [-0.15, -0.1) is 0 Å². The summed E-state index contributed by atoms with van der Waals surface area (Å²) in [4.78, 5) is 27.9. The lowest BCUT2D eigenvalue weighted by Crippen LogP contribution is -2.51. The number of sulfonamides is 1. The first-order chi connectivity index (χ1) is 16.1. The van der Waals surface area contributed by atoms with Crippen LogP contribution in [0, 0.1) is 6.92 Å². The average molecular weight is 508 g/mol. The minimum absolute atomic E-state index is 0.113. The van der Waals surface area contributed by atoms with Crippen molar-refractivity contribution in [2.24, 2.45) is 0 Å². The van der Waals surface area contributed by atoms with Crippen molar-refractivity contribution in [1.29, 1.82) is 0 Å². The molecule has 1 N–H and O–H groups in total. The van der Waals surface area contributed by atoms with Gasteiger partial charge in [-0.3, -0.25) is 9.59 Å².